The number of hydrogen-bond donors (Lipinski definition) is 1. The summed E-state index contributed by atoms with van der Waals surface area (Å²) >= 11 is 0. The van der Waals surface area contributed by atoms with E-state index in [4.69, 9.17) is 4.42 Å². The van der Waals surface area contributed by atoms with Crippen molar-refractivity contribution in [2.45, 2.75) is 33.7 Å². The van der Waals surface area contributed by atoms with Gasteiger partial charge >= 0.3 is 0 Å². The van der Waals surface area contributed by atoms with E-state index in [0.29, 0.717) is 6.54 Å². The van der Waals surface area contributed by atoms with Crippen LogP contribution in [-0.4, -0.2) is 11.5 Å². The van der Waals surface area contributed by atoms with Crippen molar-refractivity contribution in [2.75, 3.05) is 6.54 Å². The predicted octanol–water partition coefficient (Wildman–Crippen LogP) is 3.46. The maximum atomic E-state index is 5.76. The van der Waals surface area contributed by atoms with Gasteiger partial charge < -0.3 is 9.73 Å². The zero-order valence-corrected chi connectivity index (χ0v) is 11.3. The van der Waals surface area contributed by atoms with Gasteiger partial charge in [0.25, 0.3) is 0 Å². The van der Waals surface area contributed by atoms with Crippen molar-refractivity contribution >= 4 is 0 Å². The predicted molar refractivity (Wildman–Crippen MR) is 73.4 cm³/mol. The molecule has 1 N–H and O–H groups in total. The second-order valence-corrected chi connectivity index (χ2v) is 4.61. The van der Waals surface area contributed by atoms with Crippen molar-refractivity contribution in [3.63, 3.8) is 0 Å². The summed E-state index contributed by atoms with van der Waals surface area (Å²) in [4.78, 5) is 4.30. The Hall–Kier alpha value is -1.61. The zero-order chi connectivity index (χ0) is 13.0. The Morgan fingerprint density at radius 2 is 2.11 bits per heavy atom. The van der Waals surface area contributed by atoms with Crippen LogP contribution in [-0.2, 0) is 6.54 Å². The Bertz CT molecular complexity index is 517. The van der Waals surface area contributed by atoms with Crippen LogP contribution in [0.15, 0.2) is 28.8 Å². The lowest BCUT2D eigenvalue weighted by molar-refractivity contribution is 0.477. The topological polar surface area (TPSA) is 38.1 Å². The summed E-state index contributed by atoms with van der Waals surface area (Å²) in [5, 5.41) is 3.28. The highest BCUT2D eigenvalue weighted by molar-refractivity contribution is 5.61. The van der Waals surface area contributed by atoms with E-state index >= 15 is 0 Å². The third-order valence-electron chi connectivity index (χ3n) is 2.90. The fourth-order valence-electron chi connectivity index (χ4n) is 1.98. The molecule has 1 aromatic carbocycles. The largest absolute Gasteiger partial charge is 0.439 e. The number of rotatable bonds is 5. The SMILES string of the molecule is CCCNCc1ncc(-c2ccc(C)cc2C)o1. The lowest BCUT2D eigenvalue weighted by Gasteiger charge is -2.03. The molecule has 0 bridgehead atoms. The number of oxazole rings is 1. The maximum absolute atomic E-state index is 5.76. The molecule has 0 fully saturated rings. The molecule has 0 spiro atoms. The van der Waals surface area contributed by atoms with Gasteiger partial charge in [-0.25, -0.2) is 4.98 Å². The maximum Gasteiger partial charge on any atom is 0.208 e. The number of aryl methyl sites for hydroxylation is 2. The van der Waals surface area contributed by atoms with Crippen molar-refractivity contribution in [2.24, 2.45) is 0 Å². The summed E-state index contributed by atoms with van der Waals surface area (Å²) in [5.74, 6) is 1.60. The van der Waals surface area contributed by atoms with Crippen LogP contribution in [0.25, 0.3) is 11.3 Å². The summed E-state index contributed by atoms with van der Waals surface area (Å²) in [6, 6.07) is 6.35. The highest BCUT2D eigenvalue weighted by Gasteiger charge is 2.08. The fourth-order valence-corrected chi connectivity index (χ4v) is 1.98. The quantitative estimate of drug-likeness (QED) is 0.818. The van der Waals surface area contributed by atoms with E-state index in [-0.39, 0.29) is 0 Å². The molecule has 1 heterocycles. The van der Waals surface area contributed by atoms with Gasteiger partial charge in [0.2, 0.25) is 5.89 Å². The van der Waals surface area contributed by atoms with Gasteiger partial charge in [-0.2, -0.15) is 0 Å². The van der Waals surface area contributed by atoms with E-state index in [9.17, 15) is 0 Å². The fraction of sp³-hybridized carbons (Fsp3) is 0.400. The van der Waals surface area contributed by atoms with Gasteiger partial charge in [0, 0.05) is 5.56 Å². The number of nitrogens with zero attached hydrogens (tertiary/aromatic N) is 1. The molecule has 0 aliphatic carbocycles. The molecule has 3 nitrogen and oxygen atoms in total. The Kier molecular flexibility index (Phi) is 4.15. The zero-order valence-electron chi connectivity index (χ0n) is 11.3. The molecule has 0 unspecified atom stereocenters. The first kappa shape index (κ1) is 12.8. The van der Waals surface area contributed by atoms with Gasteiger partial charge in [-0.15, -0.1) is 0 Å². The van der Waals surface area contributed by atoms with Crippen LogP contribution in [0.2, 0.25) is 0 Å². The molecule has 0 atom stereocenters. The number of benzene rings is 1. The van der Waals surface area contributed by atoms with Crippen LogP contribution in [0, 0.1) is 13.8 Å². The Morgan fingerprint density at radius 1 is 1.28 bits per heavy atom. The van der Waals surface area contributed by atoms with Crippen molar-refractivity contribution < 1.29 is 4.42 Å². The van der Waals surface area contributed by atoms with E-state index < -0.39 is 0 Å². The third-order valence-corrected chi connectivity index (χ3v) is 2.90. The first-order valence-electron chi connectivity index (χ1n) is 6.43. The van der Waals surface area contributed by atoms with Crippen LogP contribution in [0.1, 0.15) is 30.4 Å². The van der Waals surface area contributed by atoms with Gasteiger partial charge in [-0.05, 0) is 32.4 Å². The molecule has 18 heavy (non-hydrogen) atoms. The summed E-state index contributed by atoms with van der Waals surface area (Å²) in [7, 11) is 0. The number of hydrogen-bond acceptors (Lipinski definition) is 3. The molecular weight excluding hydrogens is 224 g/mol. The van der Waals surface area contributed by atoms with Crippen LogP contribution >= 0.6 is 0 Å². The molecule has 1 aromatic heterocycles. The second kappa shape index (κ2) is 5.83. The van der Waals surface area contributed by atoms with Gasteiger partial charge in [-0.1, -0.05) is 30.7 Å². The van der Waals surface area contributed by atoms with Crippen LogP contribution in [0.5, 0.6) is 0 Å². The average molecular weight is 244 g/mol. The summed E-state index contributed by atoms with van der Waals surface area (Å²) < 4.78 is 5.76. The van der Waals surface area contributed by atoms with Crippen LogP contribution < -0.4 is 5.32 Å². The molecule has 0 saturated carbocycles. The third kappa shape index (κ3) is 2.99. The molecule has 0 amide bonds. The molecule has 0 aliphatic heterocycles. The average Bonchev–Trinajstić information content (AvgIpc) is 2.78. The molecule has 3 heteroatoms. The highest BCUT2D eigenvalue weighted by Crippen LogP contribution is 2.24. The van der Waals surface area contributed by atoms with Gasteiger partial charge in [0.15, 0.2) is 5.76 Å². The smallest absolute Gasteiger partial charge is 0.208 e. The van der Waals surface area contributed by atoms with Crippen molar-refractivity contribution in [3.8, 4) is 11.3 Å². The van der Waals surface area contributed by atoms with Gasteiger partial charge in [-0.3, -0.25) is 0 Å². The van der Waals surface area contributed by atoms with Crippen molar-refractivity contribution in [1.29, 1.82) is 0 Å². The normalized spacial score (nSPS) is 10.8. The molecule has 0 radical (unpaired) electrons. The molecule has 96 valence electrons. The summed E-state index contributed by atoms with van der Waals surface area (Å²) in [6.45, 7) is 8.01. The van der Waals surface area contributed by atoms with Crippen molar-refractivity contribution in [1.82, 2.24) is 10.3 Å². The molecule has 0 saturated heterocycles. The highest BCUT2D eigenvalue weighted by atomic mass is 16.4. The lowest BCUT2D eigenvalue weighted by Crippen LogP contribution is -2.13. The Labute approximate surface area is 108 Å². The summed E-state index contributed by atoms with van der Waals surface area (Å²) in [5.41, 5.74) is 3.61. The second-order valence-electron chi connectivity index (χ2n) is 4.61. The Morgan fingerprint density at radius 3 is 2.83 bits per heavy atom. The van der Waals surface area contributed by atoms with Gasteiger partial charge in [0.1, 0.15) is 0 Å². The minimum Gasteiger partial charge on any atom is -0.439 e. The van der Waals surface area contributed by atoms with Crippen LogP contribution in [0.4, 0.5) is 0 Å². The lowest BCUT2D eigenvalue weighted by atomic mass is 10.0. The Balaban J connectivity index is 2.13. The monoisotopic (exact) mass is 244 g/mol. The minimum absolute atomic E-state index is 0.693. The molecular formula is C15H20N2O. The number of nitrogens with one attached hydrogen (secondary N) is 1. The standard InChI is InChI=1S/C15H20N2O/c1-4-7-16-10-15-17-9-14(18-15)13-6-5-11(2)8-12(13)3/h5-6,8-9,16H,4,7,10H2,1-3H3. The van der Waals surface area contributed by atoms with Gasteiger partial charge in [0.05, 0.1) is 12.7 Å². The molecule has 2 aromatic rings. The van der Waals surface area contributed by atoms with Crippen LogP contribution in [0.3, 0.4) is 0 Å². The first-order chi connectivity index (χ1) is 8.70. The van der Waals surface area contributed by atoms with E-state index in [2.05, 4.69) is 49.3 Å². The minimum atomic E-state index is 0.693. The summed E-state index contributed by atoms with van der Waals surface area (Å²) in [6.07, 6.45) is 2.92. The van der Waals surface area contributed by atoms with E-state index in [1.54, 1.807) is 6.20 Å². The first-order valence-corrected chi connectivity index (χ1v) is 6.43. The van der Waals surface area contributed by atoms with Crippen molar-refractivity contribution in [3.05, 3.63) is 41.4 Å². The number of aromatic nitrogens is 1. The molecule has 2 rings (SSSR count). The van der Waals surface area contributed by atoms with E-state index in [0.717, 1.165) is 30.2 Å². The van der Waals surface area contributed by atoms with E-state index in [1.807, 2.05) is 0 Å². The molecule has 0 aliphatic rings. The van der Waals surface area contributed by atoms with E-state index in [1.165, 1.54) is 11.1 Å².